The van der Waals surface area contributed by atoms with E-state index in [1.54, 1.807) is 12.1 Å². The van der Waals surface area contributed by atoms with Crippen LogP contribution in [0.15, 0.2) is 24.3 Å². The number of phenols is 1. The van der Waals surface area contributed by atoms with Gasteiger partial charge in [0, 0.05) is 12.1 Å². The van der Waals surface area contributed by atoms with Gasteiger partial charge in [0.05, 0.1) is 0 Å². The maximum atomic E-state index is 11.5. The standard InChI is InChI=1S/C11H15NO2.C4H10/c1-8(2)7-12-11(14)9-3-5-10(13)6-4-9;1-3-4-2/h3-6,8,13H,7H2,1-2H3,(H,12,14);3-4H2,1-2H3. The molecule has 0 saturated heterocycles. The minimum absolute atomic E-state index is 0.0984. The van der Waals surface area contributed by atoms with Gasteiger partial charge in [-0.25, -0.2) is 0 Å². The van der Waals surface area contributed by atoms with E-state index < -0.39 is 0 Å². The van der Waals surface area contributed by atoms with Crippen molar-refractivity contribution in [2.75, 3.05) is 6.54 Å². The molecule has 1 rings (SSSR count). The van der Waals surface area contributed by atoms with Crippen LogP contribution in [-0.4, -0.2) is 17.6 Å². The Morgan fingerprint density at radius 3 is 2.06 bits per heavy atom. The summed E-state index contributed by atoms with van der Waals surface area (Å²) in [5.74, 6) is 0.514. The Morgan fingerprint density at radius 1 is 1.17 bits per heavy atom. The third-order valence-corrected chi connectivity index (χ3v) is 2.30. The number of amides is 1. The van der Waals surface area contributed by atoms with Crippen molar-refractivity contribution in [2.45, 2.75) is 40.5 Å². The van der Waals surface area contributed by atoms with Gasteiger partial charge in [0.15, 0.2) is 0 Å². The first-order chi connectivity index (χ1) is 8.51. The molecule has 1 aromatic carbocycles. The number of nitrogens with one attached hydrogen (secondary N) is 1. The normalized spacial score (nSPS) is 9.61. The number of carbonyl (C=O) groups excluding carboxylic acids is 1. The molecule has 18 heavy (non-hydrogen) atoms. The van der Waals surface area contributed by atoms with E-state index in [1.807, 2.05) is 13.8 Å². The molecule has 0 fully saturated rings. The van der Waals surface area contributed by atoms with Gasteiger partial charge in [-0.3, -0.25) is 4.79 Å². The topological polar surface area (TPSA) is 49.3 Å². The molecule has 0 radical (unpaired) electrons. The van der Waals surface area contributed by atoms with Crippen LogP contribution in [0.3, 0.4) is 0 Å². The predicted molar refractivity (Wildman–Crippen MR) is 75.9 cm³/mol. The van der Waals surface area contributed by atoms with Gasteiger partial charge < -0.3 is 10.4 Å². The Morgan fingerprint density at radius 2 is 1.67 bits per heavy atom. The van der Waals surface area contributed by atoms with Gasteiger partial charge in [0.25, 0.3) is 5.91 Å². The maximum Gasteiger partial charge on any atom is 0.251 e. The summed E-state index contributed by atoms with van der Waals surface area (Å²) in [5.41, 5.74) is 0.573. The van der Waals surface area contributed by atoms with Crippen LogP contribution in [-0.2, 0) is 0 Å². The van der Waals surface area contributed by atoms with Crippen LogP contribution in [0.1, 0.15) is 50.9 Å². The lowest BCUT2D eigenvalue weighted by atomic mass is 10.2. The minimum atomic E-state index is -0.0984. The summed E-state index contributed by atoms with van der Waals surface area (Å²) in [7, 11) is 0. The third-order valence-electron chi connectivity index (χ3n) is 2.30. The lowest BCUT2D eigenvalue weighted by molar-refractivity contribution is 0.0949. The number of unbranched alkanes of at least 4 members (excludes halogenated alkanes) is 1. The smallest absolute Gasteiger partial charge is 0.251 e. The molecule has 1 amide bonds. The van der Waals surface area contributed by atoms with Crippen molar-refractivity contribution in [3.8, 4) is 5.75 Å². The monoisotopic (exact) mass is 251 g/mol. The second kappa shape index (κ2) is 9.51. The highest BCUT2D eigenvalue weighted by atomic mass is 16.3. The summed E-state index contributed by atoms with van der Waals surface area (Å²) in [6.45, 7) is 9.11. The second-order valence-electron chi connectivity index (χ2n) is 4.65. The number of phenolic OH excluding ortho intramolecular Hbond substituents is 1. The van der Waals surface area contributed by atoms with Crippen LogP contribution in [0.5, 0.6) is 5.75 Å². The number of hydrogen-bond donors (Lipinski definition) is 2. The van der Waals surface area contributed by atoms with E-state index in [0.29, 0.717) is 18.0 Å². The van der Waals surface area contributed by atoms with E-state index in [9.17, 15) is 4.79 Å². The fourth-order valence-corrected chi connectivity index (χ4v) is 1.01. The number of hydrogen-bond acceptors (Lipinski definition) is 2. The lowest BCUT2D eigenvalue weighted by Gasteiger charge is -2.07. The van der Waals surface area contributed by atoms with Crippen molar-refractivity contribution in [1.29, 1.82) is 0 Å². The number of carbonyl (C=O) groups is 1. The maximum absolute atomic E-state index is 11.5. The van der Waals surface area contributed by atoms with Crippen molar-refractivity contribution in [1.82, 2.24) is 5.32 Å². The van der Waals surface area contributed by atoms with Crippen molar-refractivity contribution in [3.63, 3.8) is 0 Å². The van der Waals surface area contributed by atoms with Crippen molar-refractivity contribution in [3.05, 3.63) is 29.8 Å². The van der Waals surface area contributed by atoms with Gasteiger partial charge >= 0.3 is 0 Å². The van der Waals surface area contributed by atoms with Gasteiger partial charge in [0.1, 0.15) is 5.75 Å². The minimum Gasteiger partial charge on any atom is -0.508 e. The van der Waals surface area contributed by atoms with E-state index in [-0.39, 0.29) is 11.7 Å². The molecule has 1 aromatic rings. The zero-order valence-electron chi connectivity index (χ0n) is 11.9. The van der Waals surface area contributed by atoms with Crippen molar-refractivity contribution in [2.24, 2.45) is 5.92 Å². The first-order valence-electron chi connectivity index (χ1n) is 6.58. The zero-order valence-corrected chi connectivity index (χ0v) is 11.9. The molecule has 0 aliphatic rings. The molecule has 0 spiro atoms. The van der Waals surface area contributed by atoms with E-state index in [1.165, 1.54) is 25.0 Å². The van der Waals surface area contributed by atoms with Gasteiger partial charge in [-0.1, -0.05) is 40.5 Å². The Kier molecular flexibility index (Phi) is 8.71. The molecule has 0 aliphatic heterocycles. The molecule has 102 valence electrons. The molecule has 0 unspecified atom stereocenters. The van der Waals surface area contributed by atoms with Crippen LogP contribution in [0.2, 0.25) is 0 Å². The van der Waals surface area contributed by atoms with Crippen LogP contribution in [0.4, 0.5) is 0 Å². The van der Waals surface area contributed by atoms with E-state index in [0.717, 1.165) is 0 Å². The first kappa shape index (κ1) is 16.5. The van der Waals surface area contributed by atoms with E-state index in [4.69, 9.17) is 5.11 Å². The molecule has 2 N–H and O–H groups in total. The first-order valence-corrected chi connectivity index (χ1v) is 6.58. The van der Waals surface area contributed by atoms with Crippen LogP contribution in [0.25, 0.3) is 0 Å². The van der Waals surface area contributed by atoms with Crippen molar-refractivity contribution >= 4 is 5.91 Å². The third kappa shape index (κ3) is 7.71. The number of rotatable bonds is 4. The van der Waals surface area contributed by atoms with Crippen LogP contribution in [0, 0.1) is 5.92 Å². The van der Waals surface area contributed by atoms with Gasteiger partial charge in [-0.2, -0.15) is 0 Å². The molecule has 0 saturated carbocycles. The summed E-state index contributed by atoms with van der Waals surface area (Å²) in [6.07, 6.45) is 2.64. The number of benzene rings is 1. The number of aromatic hydroxyl groups is 1. The zero-order chi connectivity index (χ0) is 14.0. The lowest BCUT2D eigenvalue weighted by Crippen LogP contribution is -2.27. The summed E-state index contributed by atoms with van der Waals surface area (Å²) in [6, 6.07) is 6.21. The van der Waals surface area contributed by atoms with Gasteiger partial charge in [-0.15, -0.1) is 0 Å². The highest BCUT2D eigenvalue weighted by Crippen LogP contribution is 2.09. The predicted octanol–water partition coefficient (Wildman–Crippen LogP) is 3.58. The molecule has 3 heteroatoms. The molecule has 0 atom stereocenters. The summed E-state index contributed by atoms with van der Waals surface area (Å²) in [4.78, 5) is 11.5. The summed E-state index contributed by atoms with van der Waals surface area (Å²) < 4.78 is 0. The SMILES string of the molecule is CC(C)CNC(=O)c1ccc(O)cc1.CCCC. The summed E-state index contributed by atoms with van der Waals surface area (Å²) in [5, 5.41) is 11.8. The fraction of sp³-hybridized carbons (Fsp3) is 0.533. The molecular weight excluding hydrogens is 226 g/mol. The largest absolute Gasteiger partial charge is 0.508 e. The van der Waals surface area contributed by atoms with Gasteiger partial charge in [-0.05, 0) is 30.2 Å². The molecular formula is C15H25NO2. The average Bonchev–Trinajstić information content (AvgIpc) is 2.37. The molecule has 3 nitrogen and oxygen atoms in total. The molecule has 0 aliphatic carbocycles. The fourth-order valence-electron chi connectivity index (χ4n) is 1.01. The van der Waals surface area contributed by atoms with Gasteiger partial charge in [0.2, 0.25) is 0 Å². The highest BCUT2D eigenvalue weighted by Gasteiger charge is 2.04. The van der Waals surface area contributed by atoms with Crippen LogP contribution < -0.4 is 5.32 Å². The molecule has 0 heterocycles. The highest BCUT2D eigenvalue weighted by molar-refractivity contribution is 5.94. The second-order valence-corrected chi connectivity index (χ2v) is 4.65. The average molecular weight is 251 g/mol. The van der Waals surface area contributed by atoms with E-state index in [2.05, 4.69) is 19.2 Å². The summed E-state index contributed by atoms with van der Waals surface area (Å²) >= 11 is 0. The quantitative estimate of drug-likeness (QED) is 0.859. The molecule has 0 bridgehead atoms. The van der Waals surface area contributed by atoms with Crippen molar-refractivity contribution < 1.29 is 9.90 Å². The Bertz CT molecular complexity index is 329. The Hall–Kier alpha value is -1.51. The molecule has 0 aromatic heterocycles. The Labute approximate surface area is 110 Å². The van der Waals surface area contributed by atoms with E-state index >= 15 is 0 Å². The van der Waals surface area contributed by atoms with Crippen LogP contribution >= 0.6 is 0 Å². The Balaban J connectivity index is 0.000000631.